The third-order valence-corrected chi connectivity index (χ3v) is 5.38. The van der Waals surface area contributed by atoms with Gasteiger partial charge < -0.3 is 9.47 Å². The summed E-state index contributed by atoms with van der Waals surface area (Å²) in [6, 6.07) is 0. The number of ether oxygens (including phenoxy) is 2. The molecule has 4 heteroatoms. The van der Waals surface area contributed by atoms with E-state index in [2.05, 4.69) is 33.8 Å². The predicted molar refractivity (Wildman–Crippen MR) is 125 cm³/mol. The number of unbranched alkanes of at least 4 members (excludes halogenated alkanes) is 9. The molecule has 1 unspecified atom stereocenters. The Labute approximate surface area is 186 Å². The Kier molecular flexibility index (Phi) is 20.0. The van der Waals surface area contributed by atoms with Gasteiger partial charge in [0.15, 0.2) is 0 Å². The van der Waals surface area contributed by atoms with Crippen LogP contribution in [0.2, 0.25) is 0 Å². The number of allylic oxidation sites excluding steroid dienone is 2. The Balaban J connectivity index is 3.46. The number of carbonyl (C=O) groups excluding carboxylic acids is 2. The van der Waals surface area contributed by atoms with Crippen molar-refractivity contribution in [3.63, 3.8) is 0 Å². The normalized spacial score (nSPS) is 11.7. The second kappa shape index (κ2) is 20.9. The van der Waals surface area contributed by atoms with Crippen molar-refractivity contribution in [2.45, 2.75) is 124 Å². The molecule has 0 radical (unpaired) electrons. The monoisotopic (exact) mass is 424 g/mol. The van der Waals surface area contributed by atoms with Gasteiger partial charge >= 0.3 is 11.9 Å². The van der Waals surface area contributed by atoms with Crippen molar-refractivity contribution in [2.24, 2.45) is 5.92 Å². The van der Waals surface area contributed by atoms with Gasteiger partial charge in [-0.1, -0.05) is 83.3 Å². The summed E-state index contributed by atoms with van der Waals surface area (Å²) in [5.41, 5.74) is 1.34. The van der Waals surface area contributed by atoms with E-state index < -0.39 is 0 Å². The standard InChI is InChI=1S/C26H48O4/c1-5-6-7-8-9-10-11-12-13-14-21-29-25(27)18-19-26(28)30-22-20-24(4)17-15-16-23(2)3/h16,24H,5-15,17-22H2,1-4H3. The highest BCUT2D eigenvalue weighted by molar-refractivity contribution is 5.77. The molecule has 0 heterocycles. The summed E-state index contributed by atoms with van der Waals surface area (Å²) in [4.78, 5) is 23.5. The topological polar surface area (TPSA) is 52.6 Å². The Morgan fingerprint density at radius 3 is 1.77 bits per heavy atom. The molecule has 0 aromatic carbocycles. The highest BCUT2D eigenvalue weighted by Crippen LogP contribution is 2.13. The predicted octanol–water partition coefficient (Wildman–Crippen LogP) is 7.55. The van der Waals surface area contributed by atoms with E-state index in [-0.39, 0.29) is 24.8 Å². The molecule has 0 saturated heterocycles. The van der Waals surface area contributed by atoms with Crippen molar-refractivity contribution in [2.75, 3.05) is 13.2 Å². The first-order valence-corrected chi connectivity index (χ1v) is 12.4. The van der Waals surface area contributed by atoms with Crippen LogP contribution in [0.1, 0.15) is 124 Å². The zero-order valence-electron chi connectivity index (χ0n) is 20.3. The quantitative estimate of drug-likeness (QED) is 0.115. The lowest BCUT2D eigenvalue weighted by Gasteiger charge is -2.10. The van der Waals surface area contributed by atoms with Gasteiger partial charge in [0.05, 0.1) is 26.1 Å². The van der Waals surface area contributed by atoms with Crippen molar-refractivity contribution in [3.8, 4) is 0 Å². The highest BCUT2D eigenvalue weighted by atomic mass is 16.5. The lowest BCUT2D eigenvalue weighted by molar-refractivity contribution is -0.150. The lowest BCUT2D eigenvalue weighted by Crippen LogP contribution is -2.12. The van der Waals surface area contributed by atoms with Crippen LogP contribution in [0.25, 0.3) is 0 Å². The molecule has 0 N–H and O–H groups in total. The summed E-state index contributed by atoms with van der Waals surface area (Å²) in [5, 5.41) is 0. The molecular weight excluding hydrogens is 376 g/mol. The molecule has 0 rings (SSSR count). The van der Waals surface area contributed by atoms with Gasteiger partial charge in [-0.15, -0.1) is 0 Å². The maximum atomic E-state index is 11.8. The molecule has 0 aliphatic carbocycles. The van der Waals surface area contributed by atoms with E-state index in [1.807, 2.05) is 0 Å². The average molecular weight is 425 g/mol. The Morgan fingerprint density at radius 2 is 1.23 bits per heavy atom. The second-order valence-corrected chi connectivity index (χ2v) is 8.88. The van der Waals surface area contributed by atoms with Crippen LogP contribution in [-0.4, -0.2) is 25.2 Å². The van der Waals surface area contributed by atoms with Gasteiger partial charge in [0.1, 0.15) is 0 Å². The summed E-state index contributed by atoms with van der Waals surface area (Å²) in [7, 11) is 0. The van der Waals surface area contributed by atoms with E-state index in [9.17, 15) is 9.59 Å². The first kappa shape index (κ1) is 28.7. The van der Waals surface area contributed by atoms with Gasteiger partial charge in [-0.3, -0.25) is 9.59 Å². The molecule has 0 saturated carbocycles. The van der Waals surface area contributed by atoms with Crippen molar-refractivity contribution >= 4 is 11.9 Å². The first-order valence-electron chi connectivity index (χ1n) is 12.4. The van der Waals surface area contributed by atoms with E-state index >= 15 is 0 Å². The second-order valence-electron chi connectivity index (χ2n) is 8.88. The summed E-state index contributed by atoms with van der Waals surface area (Å²) < 4.78 is 10.5. The summed E-state index contributed by atoms with van der Waals surface area (Å²) in [5.74, 6) is -0.0697. The van der Waals surface area contributed by atoms with Crippen molar-refractivity contribution < 1.29 is 19.1 Å². The van der Waals surface area contributed by atoms with Crippen LogP contribution in [0.3, 0.4) is 0 Å². The molecule has 0 fully saturated rings. The van der Waals surface area contributed by atoms with Crippen molar-refractivity contribution in [3.05, 3.63) is 11.6 Å². The lowest BCUT2D eigenvalue weighted by atomic mass is 10.0. The zero-order valence-corrected chi connectivity index (χ0v) is 20.3. The molecule has 0 aliphatic heterocycles. The fraction of sp³-hybridized carbons (Fsp3) is 0.846. The van der Waals surface area contributed by atoms with Gasteiger partial charge in [-0.2, -0.15) is 0 Å². The average Bonchev–Trinajstić information content (AvgIpc) is 2.70. The molecule has 0 aromatic rings. The largest absolute Gasteiger partial charge is 0.466 e. The first-order chi connectivity index (χ1) is 14.5. The van der Waals surface area contributed by atoms with E-state index in [1.165, 1.54) is 56.9 Å². The van der Waals surface area contributed by atoms with Gasteiger partial charge in [0.2, 0.25) is 0 Å². The van der Waals surface area contributed by atoms with Crippen molar-refractivity contribution in [1.82, 2.24) is 0 Å². The highest BCUT2D eigenvalue weighted by Gasteiger charge is 2.10. The van der Waals surface area contributed by atoms with E-state index in [0.29, 0.717) is 19.1 Å². The summed E-state index contributed by atoms with van der Waals surface area (Å²) in [6.45, 7) is 9.53. The summed E-state index contributed by atoms with van der Waals surface area (Å²) in [6.07, 6.45) is 18.1. The van der Waals surface area contributed by atoms with Crippen LogP contribution >= 0.6 is 0 Å². The number of rotatable bonds is 20. The van der Waals surface area contributed by atoms with Crippen LogP contribution in [0.5, 0.6) is 0 Å². The van der Waals surface area contributed by atoms with E-state index in [0.717, 1.165) is 32.1 Å². The fourth-order valence-electron chi connectivity index (χ4n) is 3.30. The minimum Gasteiger partial charge on any atom is -0.466 e. The van der Waals surface area contributed by atoms with Gasteiger partial charge in [0.25, 0.3) is 0 Å². The maximum Gasteiger partial charge on any atom is 0.306 e. The van der Waals surface area contributed by atoms with Crippen LogP contribution in [-0.2, 0) is 19.1 Å². The zero-order chi connectivity index (χ0) is 22.5. The van der Waals surface area contributed by atoms with Crippen LogP contribution < -0.4 is 0 Å². The molecule has 1 atom stereocenters. The fourth-order valence-corrected chi connectivity index (χ4v) is 3.30. The van der Waals surface area contributed by atoms with Crippen LogP contribution in [0.4, 0.5) is 0 Å². The molecular formula is C26H48O4. The number of esters is 2. The molecule has 0 bridgehead atoms. The van der Waals surface area contributed by atoms with E-state index in [4.69, 9.17) is 9.47 Å². The third-order valence-electron chi connectivity index (χ3n) is 5.38. The van der Waals surface area contributed by atoms with Gasteiger partial charge in [-0.25, -0.2) is 0 Å². The smallest absolute Gasteiger partial charge is 0.306 e. The third kappa shape index (κ3) is 21.4. The minimum absolute atomic E-state index is 0.114. The minimum atomic E-state index is -0.303. The Morgan fingerprint density at radius 1 is 0.733 bits per heavy atom. The van der Waals surface area contributed by atoms with Crippen LogP contribution in [0.15, 0.2) is 11.6 Å². The number of carbonyl (C=O) groups is 2. The summed E-state index contributed by atoms with van der Waals surface area (Å²) >= 11 is 0. The molecule has 0 amide bonds. The van der Waals surface area contributed by atoms with Gasteiger partial charge in [0, 0.05) is 0 Å². The van der Waals surface area contributed by atoms with Crippen LogP contribution in [0, 0.1) is 5.92 Å². The molecule has 0 aliphatic rings. The molecule has 0 aromatic heterocycles. The number of hydrogen-bond donors (Lipinski definition) is 0. The van der Waals surface area contributed by atoms with Gasteiger partial charge in [-0.05, 0) is 45.4 Å². The maximum absolute atomic E-state index is 11.8. The van der Waals surface area contributed by atoms with Crippen molar-refractivity contribution in [1.29, 1.82) is 0 Å². The molecule has 30 heavy (non-hydrogen) atoms. The number of hydrogen-bond acceptors (Lipinski definition) is 4. The van der Waals surface area contributed by atoms with E-state index in [1.54, 1.807) is 0 Å². The molecule has 176 valence electrons. The SMILES string of the molecule is CCCCCCCCCCCCOC(=O)CCC(=O)OCCC(C)CCC=C(C)C. The molecule has 4 nitrogen and oxygen atoms in total. The Bertz CT molecular complexity index is 452. The molecule has 0 spiro atoms. The Hall–Kier alpha value is -1.32.